The van der Waals surface area contributed by atoms with Gasteiger partial charge in [-0.05, 0) is 39.4 Å². The summed E-state index contributed by atoms with van der Waals surface area (Å²) in [7, 11) is 6.20. The van der Waals surface area contributed by atoms with Crippen LogP contribution < -0.4 is 5.73 Å². The predicted octanol–water partition coefficient (Wildman–Crippen LogP) is 2.62. The van der Waals surface area contributed by atoms with Crippen molar-refractivity contribution in [2.45, 2.75) is 31.8 Å². The van der Waals surface area contributed by atoms with Gasteiger partial charge in [0.2, 0.25) is 0 Å². The van der Waals surface area contributed by atoms with Gasteiger partial charge >= 0.3 is 0 Å². The monoisotopic (exact) mass is 402 g/mol. The normalized spacial score (nSPS) is 16.5. The van der Waals surface area contributed by atoms with Gasteiger partial charge in [0.1, 0.15) is 0 Å². The van der Waals surface area contributed by atoms with Gasteiger partial charge in [0, 0.05) is 13.1 Å². The van der Waals surface area contributed by atoms with Gasteiger partial charge in [-0.1, -0.05) is 29.8 Å². The number of halogens is 1. The van der Waals surface area contributed by atoms with Crippen molar-refractivity contribution >= 4 is 29.9 Å². The molecule has 1 fully saturated rings. The summed E-state index contributed by atoms with van der Waals surface area (Å²) in [6.45, 7) is 2.80. The van der Waals surface area contributed by atoms with Gasteiger partial charge in [-0.25, -0.2) is 0 Å². The van der Waals surface area contributed by atoms with Crippen molar-refractivity contribution < 1.29 is 0 Å². The zero-order valence-corrected chi connectivity index (χ0v) is 15.7. The Balaban J connectivity index is 0.00000220. The Labute approximate surface area is 145 Å². The second-order valence-corrected chi connectivity index (χ2v) is 5.93. The van der Waals surface area contributed by atoms with E-state index < -0.39 is 0 Å². The molecule has 1 aliphatic rings. The van der Waals surface area contributed by atoms with Crippen LogP contribution in [0.4, 0.5) is 0 Å². The first-order valence-electron chi connectivity index (χ1n) is 7.24. The summed E-state index contributed by atoms with van der Waals surface area (Å²) in [6.07, 6.45) is 2.48. The number of nitrogens with two attached hydrogens (primary N) is 1. The highest BCUT2D eigenvalue weighted by Gasteiger charge is 2.27. The summed E-state index contributed by atoms with van der Waals surface area (Å²) < 4.78 is 0. The molecule has 0 radical (unpaired) electrons. The summed E-state index contributed by atoms with van der Waals surface area (Å²) in [6, 6.07) is 9.52. The van der Waals surface area contributed by atoms with Crippen LogP contribution in [0.25, 0.3) is 0 Å². The number of aliphatic imine (C=N–C) groups is 1. The fraction of sp³-hybridized carbons (Fsp3) is 0.562. The third-order valence-corrected chi connectivity index (χ3v) is 3.97. The van der Waals surface area contributed by atoms with E-state index in [9.17, 15) is 0 Å². The summed E-state index contributed by atoms with van der Waals surface area (Å²) in [4.78, 5) is 8.88. The van der Waals surface area contributed by atoms with Gasteiger partial charge < -0.3 is 15.5 Å². The Hall–Kier alpha value is -0.820. The SMILES string of the molecule is Cc1ccc(C(CN=C(N)N(C)C2CC2)N(C)C)cc1.I. The van der Waals surface area contributed by atoms with E-state index in [0.29, 0.717) is 18.5 Å². The van der Waals surface area contributed by atoms with E-state index in [2.05, 4.69) is 60.1 Å². The number of hydrogen-bond acceptors (Lipinski definition) is 2. The third kappa shape index (κ3) is 5.14. The van der Waals surface area contributed by atoms with Crippen LogP contribution >= 0.6 is 24.0 Å². The molecule has 4 nitrogen and oxygen atoms in total. The highest BCUT2D eigenvalue weighted by Crippen LogP contribution is 2.25. The highest BCUT2D eigenvalue weighted by molar-refractivity contribution is 14.0. The molecule has 1 aliphatic carbocycles. The molecule has 21 heavy (non-hydrogen) atoms. The lowest BCUT2D eigenvalue weighted by atomic mass is 10.0. The number of hydrogen-bond donors (Lipinski definition) is 1. The Kier molecular flexibility index (Phi) is 6.93. The van der Waals surface area contributed by atoms with Crippen molar-refractivity contribution in [2.75, 3.05) is 27.7 Å². The second-order valence-electron chi connectivity index (χ2n) is 5.93. The first kappa shape index (κ1) is 18.2. The lowest BCUT2D eigenvalue weighted by Gasteiger charge is -2.24. The molecule has 0 heterocycles. The largest absolute Gasteiger partial charge is 0.370 e. The van der Waals surface area contributed by atoms with Gasteiger partial charge in [-0.15, -0.1) is 24.0 Å². The summed E-state index contributed by atoms with van der Waals surface area (Å²) in [5.74, 6) is 0.659. The molecule has 1 atom stereocenters. The molecule has 5 heteroatoms. The first-order valence-corrected chi connectivity index (χ1v) is 7.24. The van der Waals surface area contributed by atoms with E-state index in [4.69, 9.17) is 5.73 Å². The number of guanidine groups is 1. The Morgan fingerprint density at radius 3 is 2.29 bits per heavy atom. The Morgan fingerprint density at radius 1 is 1.24 bits per heavy atom. The van der Waals surface area contributed by atoms with Crippen LogP contribution in [0.15, 0.2) is 29.3 Å². The fourth-order valence-corrected chi connectivity index (χ4v) is 2.30. The van der Waals surface area contributed by atoms with Crippen molar-refractivity contribution in [3.05, 3.63) is 35.4 Å². The average molecular weight is 402 g/mol. The molecule has 0 aromatic heterocycles. The third-order valence-electron chi connectivity index (χ3n) is 3.97. The lowest BCUT2D eigenvalue weighted by Crippen LogP contribution is -2.36. The van der Waals surface area contributed by atoms with Crippen molar-refractivity contribution in [3.8, 4) is 0 Å². The fourth-order valence-electron chi connectivity index (χ4n) is 2.30. The molecular formula is C16H27IN4. The number of aryl methyl sites for hydroxylation is 1. The molecular weight excluding hydrogens is 375 g/mol. The molecule has 1 aromatic rings. The van der Waals surface area contributed by atoms with Crippen LogP contribution in [-0.4, -0.2) is 49.5 Å². The quantitative estimate of drug-likeness (QED) is 0.468. The van der Waals surface area contributed by atoms with Crippen LogP contribution in [0.1, 0.15) is 30.0 Å². The minimum atomic E-state index is 0. The number of nitrogens with zero attached hydrogens (tertiary/aromatic N) is 3. The number of likely N-dealkylation sites (N-methyl/N-ethyl adjacent to an activating group) is 1. The second kappa shape index (κ2) is 7.98. The van der Waals surface area contributed by atoms with E-state index in [0.717, 1.165) is 0 Å². The van der Waals surface area contributed by atoms with Gasteiger partial charge in [-0.3, -0.25) is 4.99 Å². The van der Waals surface area contributed by atoms with Gasteiger partial charge in [0.05, 0.1) is 12.6 Å². The molecule has 2 rings (SSSR count). The van der Waals surface area contributed by atoms with Gasteiger partial charge in [-0.2, -0.15) is 0 Å². The molecule has 0 bridgehead atoms. The molecule has 1 unspecified atom stereocenters. The predicted molar refractivity (Wildman–Crippen MR) is 100 cm³/mol. The molecule has 2 N–H and O–H groups in total. The molecule has 0 amide bonds. The van der Waals surface area contributed by atoms with Crippen molar-refractivity contribution in [2.24, 2.45) is 10.7 Å². The number of rotatable bonds is 5. The lowest BCUT2D eigenvalue weighted by molar-refractivity contribution is 0.305. The minimum absolute atomic E-state index is 0. The molecule has 0 spiro atoms. The van der Waals surface area contributed by atoms with E-state index in [1.807, 2.05) is 7.05 Å². The zero-order chi connectivity index (χ0) is 14.7. The highest BCUT2D eigenvalue weighted by atomic mass is 127. The Bertz CT molecular complexity index is 466. The van der Waals surface area contributed by atoms with Gasteiger partial charge in [0.25, 0.3) is 0 Å². The Morgan fingerprint density at radius 2 is 1.81 bits per heavy atom. The van der Waals surface area contributed by atoms with E-state index in [1.54, 1.807) is 0 Å². The smallest absolute Gasteiger partial charge is 0.191 e. The van der Waals surface area contributed by atoms with Crippen molar-refractivity contribution in [1.29, 1.82) is 0 Å². The molecule has 1 saturated carbocycles. The summed E-state index contributed by atoms with van der Waals surface area (Å²) in [5.41, 5.74) is 8.63. The first-order chi connectivity index (χ1) is 9.49. The number of benzene rings is 1. The topological polar surface area (TPSA) is 44.9 Å². The van der Waals surface area contributed by atoms with E-state index in [1.165, 1.54) is 24.0 Å². The molecule has 118 valence electrons. The average Bonchev–Trinajstić information content (AvgIpc) is 3.24. The zero-order valence-electron chi connectivity index (χ0n) is 13.4. The van der Waals surface area contributed by atoms with Crippen LogP contribution in [-0.2, 0) is 0 Å². The van der Waals surface area contributed by atoms with E-state index >= 15 is 0 Å². The standard InChI is InChI=1S/C16H26N4.HI/c1-12-5-7-13(8-6-12)15(19(2)3)11-18-16(17)20(4)14-9-10-14;/h5-8,14-15H,9-11H2,1-4H3,(H2,17,18);1H. The minimum Gasteiger partial charge on any atom is -0.370 e. The maximum absolute atomic E-state index is 6.07. The maximum Gasteiger partial charge on any atom is 0.191 e. The van der Waals surface area contributed by atoms with Crippen LogP contribution in [0.5, 0.6) is 0 Å². The van der Waals surface area contributed by atoms with Crippen LogP contribution in [0.2, 0.25) is 0 Å². The maximum atomic E-state index is 6.07. The molecule has 0 saturated heterocycles. The molecule has 1 aromatic carbocycles. The van der Waals surface area contributed by atoms with Crippen molar-refractivity contribution in [1.82, 2.24) is 9.80 Å². The molecule has 0 aliphatic heterocycles. The van der Waals surface area contributed by atoms with Crippen molar-refractivity contribution in [3.63, 3.8) is 0 Å². The summed E-state index contributed by atoms with van der Waals surface area (Å²) >= 11 is 0. The van der Waals surface area contributed by atoms with Crippen LogP contribution in [0, 0.1) is 6.92 Å². The van der Waals surface area contributed by atoms with Crippen LogP contribution in [0.3, 0.4) is 0 Å². The summed E-state index contributed by atoms with van der Waals surface area (Å²) in [5, 5.41) is 0. The van der Waals surface area contributed by atoms with Gasteiger partial charge in [0.15, 0.2) is 5.96 Å². The van der Waals surface area contributed by atoms with E-state index in [-0.39, 0.29) is 30.0 Å².